The Hall–Kier alpha value is -2.82. The highest BCUT2D eigenvalue weighted by Gasteiger charge is 2.10. The van der Waals surface area contributed by atoms with E-state index < -0.39 is 0 Å². The molecule has 3 aromatic rings. The van der Waals surface area contributed by atoms with Gasteiger partial charge in [-0.05, 0) is 42.7 Å². The molecule has 118 valence electrons. The van der Waals surface area contributed by atoms with Crippen molar-refractivity contribution >= 4 is 22.8 Å². The molecule has 1 aromatic heterocycles. The monoisotopic (exact) mass is 308 g/mol. The number of nitrogens with one attached hydrogen (secondary N) is 3. The number of amides is 2. The number of benzene rings is 2. The Bertz CT molecular complexity index is 807. The number of aromatic amines is 1. The zero-order valence-electron chi connectivity index (χ0n) is 13.3. The van der Waals surface area contributed by atoms with Gasteiger partial charge < -0.3 is 15.6 Å². The molecule has 0 radical (unpaired) electrons. The molecule has 23 heavy (non-hydrogen) atoms. The Morgan fingerprint density at radius 2 is 2.00 bits per heavy atom. The number of H-pyrrole nitrogens is 1. The second kappa shape index (κ2) is 6.52. The lowest BCUT2D eigenvalue weighted by Gasteiger charge is -2.15. The Morgan fingerprint density at radius 1 is 1.22 bits per heavy atom. The molecule has 5 nitrogen and oxygen atoms in total. The molecule has 0 bridgehead atoms. The molecule has 3 rings (SSSR count). The van der Waals surface area contributed by atoms with E-state index in [-0.39, 0.29) is 12.1 Å². The lowest BCUT2D eigenvalue weighted by molar-refractivity contribution is 0.249. The minimum atomic E-state index is -0.226. The molecule has 0 aliphatic rings. The van der Waals surface area contributed by atoms with Crippen LogP contribution >= 0.6 is 0 Å². The van der Waals surface area contributed by atoms with E-state index in [0.29, 0.717) is 0 Å². The maximum absolute atomic E-state index is 12.1. The Labute approximate surface area is 135 Å². The molecule has 1 atom stereocenters. The number of urea groups is 1. The largest absolute Gasteiger partial charge is 0.345 e. The number of anilines is 1. The standard InChI is InChI=1S/C18H20N4O/c1-3-13-4-6-14(7-5-13)12(2)21-18(23)22-15-8-9-16-17(10-15)20-11-19-16/h4-12H,3H2,1-2H3,(H,19,20)(H2,21,22,23). The fourth-order valence-corrected chi connectivity index (χ4v) is 2.50. The van der Waals surface area contributed by atoms with Gasteiger partial charge >= 0.3 is 6.03 Å². The van der Waals surface area contributed by atoms with Crippen LogP contribution < -0.4 is 10.6 Å². The van der Waals surface area contributed by atoms with E-state index in [1.807, 2.05) is 25.1 Å². The smallest absolute Gasteiger partial charge is 0.319 e. The number of rotatable bonds is 4. The fourth-order valence-electron chi connectivity index (χ4n) is 2.50. The van der Waals surface area contributed by atoms with Crippen LogP contribution in [-0.2, 0) is 6.42 Å². The van der Waals surface area contributed by atoms with E-state index in [1.54, 1.807) is 6.33 Å². The van der Waals surface area contributed by atoms with Gasteiger partial charge in [-0.3, -0.25) is 0 Å². The van der Waals surface area contributed by atoms with Crippen molar-refractivity contribution in [2.75, 3.05) is 5.32 Å². The average Bonchev–Trinajstić information content (AvgIpc) is 3.02. The predicted octanol–water partition coefficient (Wildman–Crippen LogP) is 4.01. The molecule has 5 heteroatoms. The van der Waals surface area contributed by atoms with Crippen LogP contribution in [0.1, 0.15) is 31.0 Å². The molecule has 1 heterocycles. The Balaban J connectivity index is 1.63. The molecule has 0 saturated heterocycles. The summed E-state index contributed by atoms with van der Waals surface area (Å²) < 4.78 is 0. The number of aryl methyl sites for hydroxylation is 1. The van der Waals surface area contributed by atoms with Gasteiger partial charge in [0.1, 0.15) is 0 Å². The minimum Gasteiger partial charge on any atom is -0.345 e. The van der Waals surface area contributed by atoms with Crippen LogP contribution in [0.2, 0.25) is 0 Å². The highest BCUT2D eigenvalue weighted by Crippen LogP contribution is 2.17. The van der Waals surface area contributed by atoms with Crippen molar-refractivity contribution in [1.82, 2.24) is 15.3 Å². The molecule has 0 fully saturated rings. The Kier molecular flexibility index (Phi) is 4.28. The third kappa shape index (κ3) is 3.51. The Morgan fingerprint density at radius 3 is 2.74 bits per heavy atom. The van der Waals surface area contributed by atoms with Gasteiger partial charge in [0.15, 0.2) is 0 Å². The predicted molar refractivity (Wildman–Crippen MR) is 92.5 cm³/mol. The molecule has 0 spiro atoms. The highest BCUT2D eigenvalue weighted by atomic mass is 16.2. The van der Waals surface area contributed by atoms with Crippen LogP contribution in [0.4, 0.5) is 10.5 Å². The first-order chi connectivity index (χ1) is 11.2. The zero-order valence-corrected chi connectivity index (χ0v) is 13.3. The fraction of sp³-hybridized carbons (Fsp3) is 0.222. The number of nitrogens with zero attached hydrogens (tertiary/aromatic N) is 1. The number of aromatic nitrogens is 2. The molecule has 1 unspecified atom stereocenters. The summed E-state index contributed by atoms with van der Waals surface area (Å²) >= 11 is 0. The quantitative estimate of drug-likeness (QED) is 0.681. The number of imidazole rings is 1. The maximum Gasteiger partial charge on any atom is 0.319 e. The summed E-state index contributed by atoms with van der Waals surface area (Å²) in [5, 5.41) is 5.80. The first-order valence-corrected chi connectivity index (χ1v) is 7.75. The zero-order chi connectivity index (χ0) is 16.2. The number of fused-ring (bicyclic) bond motifs is 1. The van der Waals surface area contributed by atoms with Gasteiger partial charge in [0.05, 0.1) is 23.4 Å². The molecule has 0 aliphatic heterocycles. The normalized spacial score (nSPS) is 12.1. The number of hydrogen-bond donors (Lipinski definition) is 3. The lowest BCUT2D eigenvalue weighted by atomic mass is 10.1. The van der Waals surface area contributed by atoms with Crippen LogP contribution in [0, 0.1) is 0 Å². The van der Waals surface area contributed by atoms with Crippen molar-refractivity contribution < 1.29 is 4.79 Å². The summed E-state index contributed by atoms with van der Waals surface area (Å²) in [7, 11) is 0. The molecule has 3 N–H and O–H groups in total. The average molecular weight is 308 g/mol. The first-order valence-electron chi connectivity index (χ1n) is 7.75. The molecule has 2 amide bonds. The molecule has 2 aromatic carbocycles. The van der Waals surface area contributed by atoms with Gasteiger partial charge in [-0.1, -0.05) is 31.2 Å². The minimum absolute atomic E-state index is 0.0585. The summed E-state index contributed by atoms with van der Waals surface area (Å²) in [5.74, 6) is 0. The molecule has 0 aliphatic carbocycles. The van der Waals surface area contributed by atoms with Gasteiger partial charge in [-0.2, -0.15) is 0 Å². The van der Waals surface area contributed by atoms with Crippen molar-refractivity contribution in [3.8, 4) is 0 Å². The van der Waals surface area contributed by atoms with E-state index in [4.69, 9.17) is 0 Å². The summed E-state index contributed by atoms with van der Waals surface area (Å²) in [6, 6.07) is 13.6. The van der Waals surface area contributed by atoms with Gasteiger partial charge in [0.25, 0.3) is 0 Å². The third-order valence-corrected chi connectivity index (χ3v) is 3.91. The van der Waals surface area contributed by atoms with E-state index in [2.05, 4.69) is 51.8 Å². The number of hydrogen-bond acceptors (Lipinski definition) is 2. The van der Waals surface area contributed by atoms with E-state index in [0.717, 1.165) is 28.7 Å². The van der Waals surface area contributed by atoms with Crippen LogP contribution in [0.5, 0.6) is 0 Å². The summed E-state index contributed by atoms with van der Waals surface area (Å²) in [5.41, 5.74) is 4.87. The van der Waals surface area contributed by atoms with Crippen molar-refractivity contribution in [2.45, 2.75) is 26.3 Å². The highest BCUT2D eigenvalue weighted by molar-refractivity contribution is 5.92. The van der Waals surface area contributed by atoms with Crippen molar-refractivity contribution in [3.63, 3.8) is 0 Å². The number of carbonyl (C=O) groups excluding carboxylic acids is 1. The maximum atomic E-state index is 12.1. The first kappa shape index (κ1) is 15.1. The van der Waals surface area contributed by atoms with E-state index >= 15 is 0 Å². The SMILES string of the molecule is CCc1ccc(C(C)NC(=O)Nc2ccc3nc[nH]c3c2)cc1. The van der Waals surface area contributed by atoms with Crippen molar-refractivity contribution in [3.05, 3.63) is 59.9 Å². The van der Waals surface area contributed by atoms with Crippen LogP contribution in [0.15, 0.2) is 48.8 Å². The molecular formula is C18H20N4O. The van der Waals surface area contributed by atoms with Crippen LogP contribution in [0.25, 0.3) is 11.0 Å². The van der Waals surface area contributed by atoms with Crippen LogP contribution in [-0.4, -0.2) is 16.0 Å². The van der Waals surface area contributed by atoms with E-state index in [9.17, 15) is 4.79 Å². The third-order valence-electron chi connectivity index (χ3n) is 3.91. The van der Waals surface area contributed by atoms with Crippen molar-refractivity contribution in [2.24, 2.45) is 0 Å². The number of carbonyl (C=O) groups is 1. The lowest BCUT2D eigenvalue weighted by Crippen LogP contribution is -2.31. The van der Waals surface area contributed by atoms with Crippen LogP contribution in [0.3, 0.4) is 0 Å². The van der Waals surface area contributed by atoms with Gasteiger partial charge in [-0.15, -0.1) is 0 Å². The summed E-state index contributed by atoms with van der Waals surface area (Å²) in [4.78, 5) is 19.3. The molecule has 0 saturated carbocycles. The molecular weight excluding hydrogens is 288 g/mol. The van der Waals surface area contributed by atoms with Gasteiger partial charge in [0, 0.05) is 5.69 Å². The topological polar surface area (TPSA) is 69.8 Å². The van der Waals surface area contributed by atoms with E-state index in [1.165, 1.54) is 5.56 Å². The van der Waals surface area contributed by atoms with Gasteiger partial charge in [0.2, 0.25) is 0 Å². The van der Waals surface area contributed by atoms with Gasteiger partial charge in [-0.25, -0.2) is 9.78 Å². The second-order valence-corrected chi connectivity index (χ2v) is 5.55. The second-order valence-electron chi connectivity index (χ2n) is 5.55. The van der Waals surface area contributed by atoms with Crippen molar-refractivity contribution in [1.29, 1.82) is 0 Å². The summed E-state index contributed by atoms with van der Waals surface area (Å²) in [6.07, 6.45) is 2.65. The summed E-state index contributed by atoms with van der Waals surface area (Å²) in [6.45, 7) is 4.10.